The topological polar surface area (TPSA) is 57.3 Å². The molecule has 0 bridgehead atoms. The number of carbonyl (C=O) groups excluding carboxylic acids is 1. The van der Waals surface area contributed by atoms with Gasteiger partial charge in [0, 0.05) is 35.1 Å². The maximum Gasteiger partial charge on any atom is 0.225 e. The molecule has 0 unspecified atom stereocenters. The number of hydrogen-bond donors (Lipinski definition) is 2. The van der Waals surface area contributed by atoms with Crippen molar-refractivity contribution >= 4 is 44.8 Å². The van der Waals surface area contributed by atoms with Crippen LogP contribution in [0, 0.1) is 0 Å². The molecule has 0 aliphatic carbocycles. The number of aromatic nitrogens is 1. The number of carbonyl (C=O) groups is 1. The Morgan fingerprint density at radius 3 is 2.03 bits per heavy atom. The molecule has 1 saturated heterocycles. The van der Waals surface area contributed by atoms with Gasteiger partial charge in [0.25, 0.3) is 0 Å². The average Bonchev–Trinajstić information content (AvgIpc) is 3.32. The number of fused-ring (bicyclic) bond motifs is 2. The van der Waals surface area contributed by atoms with Gasteiger partial charge >= 0.3 is 0 Å². The smallest absolute Gasteiger partial charge is 0.225 e. The molecule has 1 aliphatic heterocycles. The van der Waals surface area contributed by atoms with Crippen molar-refractivity contribution in [3.05, 3.63) is 72.8 Å². The van der Waals surface area contributed by atoms with Gasteiger partial charge < -0.3 is 15.5 Å². The van der Waals surface area contributed by atoms with E-state index in [9.17, 15) is 4.79 Å². The van der Waals surface area contributed by atoms with Crippen LogP contribution in [0.5, 0.6) is 0 Å². The molecule has 0 atom stereocenters. The lowest BCUT2D eigenvalue weighted by atomic mass is 10.1. The van der Waals surface area contributed by atoms with Crippen molar-refractivity contribution < 1.29 is 4.79 Å². The summed E-state index contributed by atoms with van der Waals surface area (Å²) in [6.45, 7) is 3.08. The number of pyridine rings is 1. The van der Waals surface area contributed by atoms with E-state index >= 15 is 0 Å². The van der Waals surface area contributed by atoms with Gasteiger partial charge in [0.2, 0.25) is 5.91 Å². The first-order valence-electron chi connectivity index (χ1n) is 10.9. The van der Waals surface area contributed by atoms with E-state index in [0.717, 1.165) is 58.5 Å². The average molecular weight is 411 g/mol. The molecular formula is C26H26N4O. The Morgan fingerprint density at radius 2 is 1.39 bits per heavy atom. The zero-order valence-corrected chi connectivity index (χ0v) is 17.5. The summed E-state index contributed by atoms with van der Waals surface area (Å²) in [5, 5.41) is 8.75. The molecule has 2 N–H and O–H groups in total. The number of nitrogens with one attached hydrogen (secondary N) is 2. The fourth-order valence-corrected chi connectivity index (χ4v) is 4.25. The Morgan fingerprint density at radius 1 is 0.806 bits per heavy atom. The lowest BCUT2D eigenvalue weighted by Gasteiger charge is -2.15. The molecule has 0 radical (unpaired) electrons. The Labute approximate surface area is 182 Å². The summed E-state index contributed by atoms with van der Waals surface area (Å²) in [6, 6.07) is 24.2. The van der Waals surface area contributed by atoms with Crippen LogP contribution in [0.3, 0.4) is 0 Å². The van der Waals surface area contributed by atoms with E-state index in [0.29, 0.717) is 6.42 Å². The van der Waals surface area contributed by atoms with Crippen LogP contribution in [0.15, 0.2) is 72.8 Å². The molecule has 31 heavy (non-hydrogen) atoms. The second-order valence-electron chi connectivity index (χ2n) is 8.07. The molecule has 0 saturated carbocycles. The van der Waals surface area contributed by atoms with Crippen molar-refractivity contribution in [2.75, 3.05) is 30.3 Å². The molecule has 2 heterocycles. The first kappa shape index (κ1) is 19.5. The number of benzene rings is 3. The van der Waals surface area contributed by atoms with Crippen LogP contribution < -0.4 is 10.6 Å². The van der Waals surface area contributed by atoms with E-state index in [1.165, 1.54) is 12.8 Å². The van der Waals surface area contributed by atoms with E-state index in [2.05, 4.69) is 27.7 Å². The van der Waals surface area contributed by atoms with E-state index in [4.69, 9.17) is 4.98 Å². The van der Waals surface area contributed by atoms with Crippen LogP contribution >= 0.6 is 0 Å². The van der Waals surface area contributed by atoms with Crippen LogP contribution in [-0.2, 0) is 4.79 Å². The third kappa shape index (κ3) is 4.37. The molecule has 5 heteroatoms. The summed E-state index contributed by atoms with van der Waals surface area (Å²) in [7, 11) is 0. The lowest BCUT2D eigenvalue weighted by molar-refractivity contribution is -0.116. The second kappa shape index (κ2) is 8.74. The Hall–Kier alpha value is -3.44. The minimum absolute atomic E-state index is 0.0683. The summed E-state index contributed by atoms with van der Waals surface area (Å²) < 4.78 is 0. The Kier molecular flexibility index (Phi) is 5.50. The molecule has 1 aliphatic rings. The highest BCUT2D eigenvalue weighted by Crippen LogP contribution is 2.33. The Balaban J connectivity index is 1.32. The molecule has 4 aromatic rings. The summed E-state index contributed by atoms with van der Waals surface area (Å²) in [5.41, 5.74) is 4.76. The van der Waals surface area contributed by atoms with Gasteiger partial charge in [-0.15, -0.1) is 0 Å². The fraction of sp³-hybridized carbons (Fsp3) is 0.231. The van der Waals surface area contributed by atoms with E-state index in [-0.39, 0.29) is 5.91 Å². The monoisotopic (exact) mass is 410 g/mol. The van der Waals surface area contributed by atoms with Crippen molar-refractivity contribution in [3.8, 4) is 0 Å². The standard InChI is InChI=1S/C26H26N4O/c31-25(15-18-30-16-5-6-17-30)27-19-11-13-20(14-12-19)28-26-21-7-1-3-9-23(21)29-24-10-4-2-8-22(24)26/h1-4,7-14H,5-6,15-18H2,(H,27,31)(H,28,29). The van der Waals surface area contributed by atoms with Crippen LogP contribution in [0.1, 0.15) is 19.3 Å². The highest BCUT2D eigenvalue weighted by atomic mass is 16.1. The number of para-hydroxylation sites is 2. The van der Waals surface area contributed by atoms with Crippen LogP contribution in [0.2, 0.25) is 0 Å². The van der Waals surface area contributed by atoms with Gasteiger partial charge in [0.15, 0.2) is 0 Å². The number of rotatable bonds is 6. The van der Waals surface area contributed by atoms with E-state index < -0.39 is 0 Å². The maximum absolute atomic E-state index is 12.3. The largest absolute Gasteiger partial charge is 0.354 e. The molecule has 5 rings (SSSR count). The predicted molar refractivity (Wildman–Crippen MR) is 128 cm³/mol. The van der Waals surface area contributed by atoms with Crippen molar-refractivity contribution in [2.45, 2.75) is 19.3 Å². The van der Waals surface area contributed by atoms with Gasteiger partial charge in [0.1, 0.15) is 0 Å². The maximum atomic E-state index is 12.3. The molecule has 1 fully saturated rings. The SMILES string of the molecule is O=C(CCN1CCCC1)Nc1ccc(Nc2c3ccccc3nc3ccccc23)cc1. The summed E-state index contributed by atoms with van der Waals surface area (Å²) in [4.78, 5) is 19.4. The van der Waals surface area contributed by atoms with Crippen molar-refractivity contribution in [1.29, 1.82) is 0 Å². The zero-order chi connectivity index (χ0) is 21.0. The minimum Gasteiger partial charge on any atom is -0.354 e. The highest BCUT2D eigenvalue weighted by molar-refractivity contribution is 6.08. The van der Waals surface area contributed by atoms with Gasteiger partial charge in [-0.2, -0.15) is 0 Å². The van der Waals surface area contributed by atoms with Crippen LogP contribution in [0.25, 0.3) is 21.8 Å². The van der Waals surface area contributed by atoms with Gasteiger partial charge in [0.05, 0.1) is 16.7 Å². The molecule has 5 nitrogen and oxygen atoms in total. The number of likely N-dealkylation sites (tertiary alicyclic amines) is 1. The van der Waals surface area contributed by atoms with Gasteiger partial charge in [-0.05, 0) is 62.3 Å². The number of amides is 1. The predicted octanol–water partition coefficient (Wildman–Crippen LogP) is 5.56. The summed E-state index contributed by atoms with van der Waals surface area (Å²) >= 11 is 0. The van der Waals surface area contributed by atoms with Crippen LogP contribution in [-0.4, -0.2) is 35.4 Å². The molecule has 1 aromatic heterocycles. The number of hydrogen-bond acceptors (Lipinski definition) is 4. The van der Waals surface area contributed by atoms with Crippen LogP contribution in [0.4, 0.5) is 17.1 Å². The van der Waals surface area contributed by atoms with E-state index in [1.54, 1.807) is 0 Å². The quantitative estimate of drug-likeness (QED) is 0.409. The molecule has 1 amide bonds. The van der Waals surface area contributed by atoms with E-state index in [1.807, 2.05) is 60.7 Å². The number of nitrogens with zero attached hydrogens (tertiary/aromatic N) is 2. The fourth-order valence-electron chi connectivity index (χ4n) is 4.25. The molecule has 3 aromatic carbocycles. The summed E-state index contributed by atoms with van der Waals surface area (Å²) in [6.07, 6.45) is 3.03. The third-order valence-corrected chi connectivity index (χ3v) is 5.88. The van der Waals surface area contributed by atoms with Gasteiger partial charge in [-0.25, -0.2) is 4.98 Å². The van der Waals surface area contributed by atoms with Gasteiger partial charge in [-0.1, -0.05) is 36.4 Å². The highest BCUT2D eigenvalue weighted by Gasteiger charge is 2.13. The van der Waals surface area contributed by atoms with Crippen molar-refractivity contribution in [3.63, 3.8) is 0 Å². The zero-order valence-electron chi connectivity index (χ0n) is 17.5. The molecule has 0 spiro atoms. The lowest BCUT2D eigenvalue weighted by Crippen LogP contribution is -2.25. The Bertz CT molecular complexity index is 1160. The first-order valence-corrected chi connectivity index (χ1v) is 10.9. The second-order valence-corrected chi connectivity index (χ2v) is 8.07. The normalized spacial score (nSPS) is 14.2. The van der Waals surface area contributed by atoms with Crippen molar-refractivity contribution in [1.82, 2.24) is 9.88 Å². The molecular weight excluding hydrogens is 384 g/mol. The van der Waals surface area contributed by atoms with Crippen molar-refractivity contribution in [2.24, 2.45) is 0 Å². The minimum atomic E-state index is 0.0683. The summed E-state index contributed by atoms with van der Waals surface area (Å²) in [5.74, 6) is 0.0683. The molecule has 156 valence electrons. The third-order valence-electron chi connectivity index (χ3n) is 5.88. The first-order chi connectivity index (χ1) is 15.3. The number of anilines is 3. The van der Waals surface area contributed by atoms with Gasteiger partial charge in [-0.3, -0.25) is 4.79 Å².